The van der Waals surface area contributed by atoms with Crippen LogP contribution in [-0.2, 0) is 17.8 Å². The smallest absolute Gasteiger partial charge is 0.245 e. The van der Waals surface area contributed by atoms with E-state index in [0.29, 0.717) is 6.42 Å². The molecule has 172 valence electrons. The molecule has 0 aromatic heterocycles. The minimum atomic E-state index is -0.298. The van der Waals surface area contributed by atoms with Gasteiger partial charge in [0.1, 0.15) is 6.04 Å². The largest absolute Gasteiger partial charge is 0.379 e. The number of likely N-dealkylation sites (tertiary alicyclic amines) is 1. The molecule has 2 N–H and O–H groups in total. The molecule has 0 spiro atoms. The number of rotatable bonds is 8. The summed E-state index contributed by atoms with van der Waals surface area (Å²) in [4.78, 5) is 15.6. The quantitative estimate of drug-likeness (QED) is 0.454. The summed E-state index contributed by atoms with van der Waals surface area (Å²) in [5, 5.41) is 7.16. The van der Waals surface area contributed by atoms with Crippen LogP contribution in [0.1, 0.15) is 41.5 Å². The van der Waals surface area contributed by atoms with E-state index in [4.69, 9.17) is 0 Å². The molecule has 4 heteroatoms. The van der Waals surface area contributed by atoms with Crippen molar-refractivity contribution in [3.05, 3.63) is 95.1 Å². The van der Waals surface area contributed by atoms with Crippen molar-refractivity contribution in [1.82, 2.24) is 4.90 Å². The maximum absolute atomic E-state index is 13.5. The second-order valence-corrected chi connectivity index (χ2v) is 9.16. The Balaban J connectivity index is 1.52. The number of piperidine rings is 1. The molecule has 0 saturated carbocycles. The number of nitrogens with zero attached hydrogens (tertiary/aromatic N) is 1. The average molecular weight is 442 g/mol. The Morgan fingerprint density at radius 3 is 2.00 bits per heavy atom. The molecule has 4 rings (SSSR count). The standard InChI is InChI=1S/C29H35N3O/c1-22-10-14-24(15-11-22)20-28(29(33)32-18-6-3-7-19-32)31-27-9-5-4-8-26(27)30-21-25-16-12-23(2)13-17-25/h4-5,8-17,28,30-31H,3,6-7,18-21H2,1-2H3. The summed E-state index contributed by atoms with van der Waals surface area (Å²) >= 11 is 0. The number of carbonyl (C=O) groups excluding carboxylic acids is 1. The molecule has 1 amide bonds. The molecule has 33 heavy (non-hydrogen) atoms. The fourth-order valence-corrected chi connectivity index (χ4v) is 4.35. The van der Waals surface area contributed by atoms with E-state index < -0.39 is 0 Å². The number of para-hydroxylation sites is 2. The third kappa shape index (κ3) is 6.38. The van der Waals surface area contributed by atoms with Crippen LogP contribution in [0, 0.1) is 13.8 Å². The number of aryl methyl sites for hydroxylation is 2. The molecule has 4 nitrogen and oxygen atoms in total. The number of hydrogen-bond donors (Lipinski definition) is 2. The van der Waals surface area contributed by atoms with E-state index in [0.717, 1.165) is 43.9 Å². The molecule has 3 aromatic carbocycles. The van der Waals surface area contributed by atoms with E-state index in [2.05, 4.69) is 85.1 Å². The topological polar surface area (TPSA) is 44.4 Å². The molecule has 0 bridgehead atoms. The summed E-state index contributed by atoms with van der Waals surface area (Å²) in [7, 11) is 0. The first-order valence-corrected chi connectivity index (χ1v) is 12.1. The summed E-state index contributed by atoms with van der Waals surface area (Å²) in [6.07, 6.45) is 4.07. The van der Waals surface area contributed by atoms with Crippen molar-refractivity contribution >= 4 is 17.3 Å². The molecule has 1 aliphatic rings. The van der Waals surface area contributed by atoms with Gasteiger partial charge < -0.3 is 15.5 Å². The van der Waals surface area contributed by atoms with Gasteiger partial charge in [0.2, 0.25) is 5.91 Å². The number of amides is 1. The van der Waals surface area contributed by atoms with Gasteiger partial charge in [0.25, 0.3) is 0 Å². The monoisotopic (exact) mass is 441 g/mol. The van der Waals surface area contributed by atoms with Crippen molar-refractivity contribution in [1.29, 1.82) is 0 Å². The Hall–Kier alpha value is -3.27. The first-order valence-electron chi connectivity index (χ1n) is 12.1. The molecule has 1 heterocycles. The Kier molecular flexibility index (Phi) is 7.66. The second kappa shape index (κ2) is 11.0. The van der Waals surface area contributed by atoms with E-state index in [9.17, 15) is 4.79 Å². The second-order valence-electron chi connectivity index (χ2n) is 9.16. The lowest BCUT2D eigenvalue weighted by molar-refractivity contribution is -0.132. The highest BCUT2D eigenvalue weighted by Crippen LogP contribution is 2.25. The van der Waals surface area contributed by atoms with Crippen LogP contribution in [-0.4, -0.2) is 29.9 Å². The van der Waals surface area contributed by atoms with E-state index in [1.807, 2.05) is 17.0 Å². The minimum Gasteiger partial charge on any atom is -0.379 e. The fourth-order valence-electron chi connectivity index (χ4n) is 4.35. The van der Waals surface area contributed by atoms with E-state index in [1.54, 1.807) is 0 Å². The zero-order valence-corrected chi connectivity index (χ0v) is 19.8. The Labute approximate surface area is 198 Å². The fraction of sp³-hybridized carbons (Fsp3) is 0.345. The molecule has 1 atom stereocenters. The lowest BCUT2D eigenvalue weighted by Crippen LogP contribution is -2.46. The van der Waals surface area contributed by atoms with Gasteiger partial charge in [-0.2, -0.15) is 0 Å². The van der Waals surface area contributed by atoms with Crippen LogP contribution in [0.3, 0.4) is 0 Å². The molecule has 1 aliphatic heterocycles. The Morgan fingerprint density at radius 2 is 1.36 bits per heavy atom. The third-order valence-corrected chi connectivity index (χ3v) is 6.39. The highest BCUT2D eigenvalue weighted by Gasteiger charge is 2.26. The molecule has 0 aliphatic carbocycles. The highest BCUT2D eigenvalue weighted by molar-refractivity contribution is 5.86. The van der Waals surface area contributed by atoms with Crippen LogP contribution < -0.4 is 10.6 Å². The molecular formula is C29H35N3O. The zero-order chi connectivity index (χ0) is 23.0. The molecular weight excluding hydrogens is 406 g/mol. The van der Waals surface area contributed by atoms with Gasteiger partial charge in [0, 0.05) is 26.1 Å². The van der Waals surface area contributed by atoms with Gasteiger partial charge in [0.05, 0.1) is 11.4 Å². The van der Waals surface area contributed by atoms with Crippen molar-refractivity contribution in [3.8, 4) is 0 Å². The van der Waals surface area contributed by atoms with Crippen LogP contribution in [0.25, 0.3) is 0 Å². The summed E-state index contributed by atoms with van der Waals surface area (Å²) in [5.41, 5.74) is 6.88. The number of anilines is 2. The molecule has 0 radical (unpaired) electrons. The lowest BCUT2D eigenvalue weighted by atomic mass is 10.0. The maximum atomic E-state index is 13.5. The van der Waals surface area contributed by atoms with Crippen molar-refractivity contribution < 1.29 is 4.79 Å². The van der Waals surface area contributed by atoms with Gasteiger partial charge in [-0.1, -0.05) is 71.8 Å². The molecule has 1 unspecified atom stereocenters. The van der Waals surface area contributed by atoms with Crippen molar-refractivity contribution in [2.75, 3.05) is 23.7 Å². The van der Waals surface area contributed by atoms with Crippen molar-refractivity contribution in [2.24, 2.45) is 0 Å². The zero-order valence-electron chi connectivity index (χ0n) is 19.8. The predicted molar refractivity (Wildman–Crippen MR) is 138 cm³/mol. The predicted octanol–water partition coefficient (Wildman–Crippen LogP) is 5.95. The van der Waals surface area contributed by atoms with Crippen LogP contribution in [0.4, 0.5) is 11.4 Å². The molecule has 1 saturated heterocycles. The van der Waals surface area contributed by atoms with E-state index in [-0.39, 0.29) is 11.9 Å². The SMILES string of the molecule is Cc1ccc(CNc2ccccc2NC(Cc2ccc(C)cc2)C(=O)N2CCCCC2)cc1. The van der Waals surface area contributed by atoms with E-state index in [1.165, 1.54) is 28.7 Å². The summed E-state index contributed by atoms with van der Waals surface area (Å²) in [5.74, 6) is 0.198. The third-order valence-electron chi connectivity index (χ3n) is 6.39. The van der Waals surface area contributed by atoms with Gasteiger partial charge in [-0.25, -0.2) is 0 Å². The van der Waals surface area contributed by atoms with Crippen LogP contribution in [0.15, 0.2) is 72.8 Å². The lowest BCUT2D eigenvalue weighted by Gasteiger charge is -2.31. The number of benzene rings is 3. The molecule has 3 aromatic rings. The first-order chi connectivity index (χ1) is 16.1. The van der Waals surface area contributed by atoms with Gasteiger partial charge in [0.15, 0.2) is 0 Å². The van der Waals surface area contributed by atoms with Crippen LogP contribution >= 0.6 is 0 Å². The van der Waals surface area contributed by atoms with Crippen molar-refractivity contribution in [2.45, 2.75) is 52.1 Å². The van der Waals surface area contributed by atoms with Gasteiger partial charge in [-0.05, 0) is 56.4 Å². The van der Waals surface area contributed by atoms with Crippen LogP contribution in [0.2, 0.25) is 0 Å². The summed E-state index contributed by atoms with van der Waals surface area (Å²) in [6, 6.07) is 25.0. The Bertz CT molecular complexity index is 1040. The summed E-state index contributed by atoms with van der Waals surface area (Å²) < 4.78 is 0. The van der Waals surface area contributed by atoms with Gasteiger partial charge in [-0.3, -0.25) is 4.79 Å². The van der Waals surface area contributed by atoms with Crippen LogP contribution in [0.5, 0.6) is 0 Å². The highest BCUT2D eigenvalue weighted by atomic mass is 16.2. The van der Waals surface area contributed by atoms with Gasteiger partial charge in [-0.15, -0.1) is 0 Å². The van der Waals surface area contributed by atoms with Gasteiger partial charge >= 0.3 is 0 Å². The average Bonchev–Trinajstić information content (AvgIpc) is 2.85. The number of nitrogens with one attached hydrogen (secondary N) is 2. The number of hydrogen-bond acceptors (Lipinski definition) is 3. The van der Waals surface area contributed by atoms with E-state index >= 15 is 0 Å². The first kappa shape index (κ1) is 22.9. The number of carbonyl (C=O) groups is 1. The Morgan fingerprint density at radius 1 is 0.788 bits per heavy atom. The maximum Gasteiger partial charge on any atom is 0.245 e. The summed E-state index contributed by atoms with van der Waals surface area (Å²) in [6.45, 7) is 6.65. The van der Waals surface area contributed by atoms with Crippen molar-refractivity contribution in [3.63, 3.8) is 0 Å². The minimum absolute atomic E-state index is 0.198. The normalized spacial score (nSPS) is 14.5. The molecule has 1 fully saturated rings.